The molecule has 0 bridgehead atoms. The smallest absolute Gasteiger partial charge is 0.407 e. The number of alkyl carbamates (subject to hydrolysis) is 1. The summed E-state index contributed by atoms with van der Waals surface area (Å²) >= 11 is 0. The van der Waals surface area contributed by atoms with E-state index in [1.54, 1.807) is 6.92 Å². The monoisotopic (exact) mass is 393 g/mol. The third kappa shape index (κ3) is 8.85. The lowest BCUT2D eigenvalue weighted by Gasteiger charge is -2.29. The highest BCUT2D eigenvalue weighted by Crippen LogP contribution is 2.32. The van der Waals surface area contributed by atoms with Gasteiger partial charge in [-0.3, -0.25) is 0 Å². The Balaban J connectivity index is 2.78. The van der Waals surface area contributed by atoms with Gasteiger partial charge in [-0.2, -0.15) is 0 Å². The van der Waals surface area contributed by atoms with Crippen molar-refractivity contribution in [2.24, 2.45) is 0 Å². The van der Waals surface area contributed by atoms with Crippen molar-refractivity contribution in [1.29, 1.82) is 0 Å². The average molecular weight is 394 g/mol. The second kappa shape index (κ2) is 11.2. The molecule has 1 rings (SSSR count). The third-order valence-corrected chi connectivity index (χ3v) is 4.94. The van der Waals surface area contributed by atoms with E-state index in [2.05, 4.69) is 52.9 Å². The quantitative estimate of drug-likeness (QED) is 0.450. The van der Waals surface area contributed by atoms with E-state index in [9.17, 15) is 4.79 Å². The molecule has 5 nitrogen and oxygen atoms in total. The van der Waals surface area contributed by atoms with Gasteiger partial charge >= 0.3 is 6.09 Å². The van der Waals surface area contributed by atoms with E-state index in [0.29, 0.717) is 13.2 Å². The van der Waals surface area contributed by atoms with Gasteiger partial charge in [-0.05, 0) is 78.4 Å². The van der Waals surface area contributed by atoms with Crippen molar-refractivity contribution in [1.82, 2.24) is 5.32 Å². The van der Waals surface area contributed by atoms with Gasteiger partial charge in [0, 0.05) is 12.6 Å². The van der Waals surface area contributed by atoms with E-state index < -0.39 is 0 Å². The van der Waals surface area contributed by atoms with Crippen LogP contribution in [0, 0.1) is 0 Å². The van der Waals surface area contributed by atoms with Crippen LogP contribution in [0.15, 0.2) is 18.2 Å². The van der Waals surface area contributed by atoms with E-state index >= 15 is 0 Å². The fraction of sp³-hybridized carbons (Fsp3) is 0.696. The number of hydrogen-bond acceptors (Lipinski definition) is 4. The molecule has 0 aromatic heterocycles. The first-order chi connectivity index (χ1) is 13.1. The molecule has 0 saturated carbocycles. The van der Waals surface area contributed by atoms with Crippen molar-refractivity contribution in [3.63, 3.8) is 0 Å². The van der Waals surface area contributed by atoms with Crippen LogP contribution in [0.1, 0.15) is 79.7 Å². The molecule has 0 unspecified atom stereocenters. The fourth-order valence-corrected chi connectivity index (χ4v) is 2.47. The summed E-state index contributed by atoms with van der Waals surface area (Å²) in [6.45, 7) is 15.4. The van der Waals surface area contributed by atoms with E-state index in [0.717, 1.165) is 43.6 Å². The molecule has 0 atom stereocenters. The Morgan fingerprint density at radius 1 is 0.964 bits per heavy atom. The number of carbonyl (C=O) groups is 1. The number of unbranched alkanes of at least 4 members (excludes halogenated alkanes) is 1. The first kappa shape index (κ1) is 24.1. The van der Waals surface area contributed by atoms with Crippen LogP contribution in [-0.2, 0) is 11.2 Å². The summed E-state index contributed by atoms with van der Waals surface area (Å²) < 4.78 is 17.3. The Labute approximate surface area is 171 Å². The number of nitrogens with one attached hydrogen (secondary N) is 1. The molecule has 1 amide bonds. The summed E-state index contributed by atoms with van der Waals surface area (Å²) in [5, 5.41) is 2.76. The number of ether oxygens (including phenoxy) is 3. The molecule has 0 spiro atoms. The Morgan fingerprint density at radius 2 is 1.61 bits per heavy atom. The predicted octanol–water partition coefficient (Wildman–Crippen LogP) is 5.89. The molecule has 0 aliphatic rings. The zero-order valence-electron chi connectivity index (χ0n) is 18.8. The number of carbonyl (C=O) groups excluding carboxylic acids is 1. The standard InChI is InChI=1S/C23H39NO4/c1-8-22(4,5)27-19-15-14-18(20(17-19)28-23(6,7)9-2)13-11-12-16-24-21(25)26-10-3/h14-15,17H,8-13,16H2,1-7H3,(H,24,25). The maximum absolute atomic E-state index is 11.3. The zero-order chi connectivity index (χ0) is 21.2. The molecule has 1 N–H and O–H groups in total. The lowest BCUT2D eigenvalue weighted by atomic mass is 10.0. The summed E-state index contributed by atoms with van der Waals surface area (Å²) in [5.41, 5.74) is 0.719. The fourth-order valence-electron chi connectivity index (χ4n) is 2.47. The predicted molar refractivity (Wildman–Crippen MR) is 114 cm³/mol. The highest BCUT2D eigenvalue weighted by Gasteiger charge is 2.21. The highest BCUT2D eigenvalue weighted by atomic mass is 16.5. The Morgan fingerprint density at radius 3 is 2.21 bits per heavy atom. The van der Waals surface area contributed by atoms with Crippen molar-refractivity contribution in [3.05, 3.63) is 23.8 Å². The number of rotatable bonds is 12. The molecular weight excluding hydrogens is 354 g/mol. The number of hydrogen-bond donors (Lipinski definition) is 1. The van der Waals surface area contributed by atoms with Gasteiger partial charge in [0.1, 0.15) is 22.7 Å². The van der Waals surface area contributed by atoms with Crippen molar-refractivity contribution in [3.8, 4) is 11.5 Å². The second-order valence-corrected chi connectivity index (χ2v) is 8.30. The molecule has 160 valence electrons. The van der Waals surface area contributed by atoms with Gasteiger partial charge in [0.2, 0.25) is 0 Å². The maximum atomic E-state index is 11.3. The molecule has 0 aliphatic heterocycles. The molecule has 0 radical (unpaired) electrons. The lowest BCUT2D eigenvalue weighted by Crippen LogP contribution is -2.28. The van der Waals surface area contributed by atoms with Crippen LogP contribution in [0.3, 0.4) is 0 Å². The van der Waals surface area contributed by atoms with E-state index in [4.69, 9.17) is 14.2 Å². The van der Waals surface area contributed by atoms with Crippen LogP contribution in [0.2, 0.25) is 0 Å². The van der Waals surface area contributed by atoms with Gasteiger partial charge in [0.25, 0.3) is 0 Å². The van der Waals surface area contributed by atoms with Crippen LogP contribution >= 0.6 is 0 Å². The first-order valence-electron chi connectivity index (χ1n) is 10.5. The molecule has 1 aromatic carbocycles. The highest BCUT2D eigenvalue weighted by molar-refractivity contribution is 5.66. The van der Waals surface area contributed by atoms with Crippen LogP contribution in [-0.4, -0.2) is 30.4 Å². The largest absolute Gasteiger partial charge is 0.488 e. The lowest BCUT2D eigenvalue weighted by molar-refractivity contribution is 0.0952. The van der Waals surface area contributed by atoms with E-state index in [1.807, 2.05) is 12.1 Å². The van der Waals surface area contributed by atoms with Gasteiger partial charge in [-0.25, -0.2) is 4.79 Å². The molecule has 0 aliphatic carbocycles. The van der Waals surface area contributed by atoms with E-state index in [-0.39, 0.29) is 17.3 Å². The van der Waals surface area contributed by atoms with Crippen LogP contribution in [0.25, 0.3) is 0 Å². The summed E-state index contributed by atoms with van der Waals surface area (Å²) in [6.07, 6.45) is 4.22. The van der Waals surface area contributed by atoms with Crippen molar-refractivity contribution in [2.75, 3.05) is 13.2 Å². The molecule has 0 fully saturated rings. The normalized spacial score (nSPS) is 11.8. The first-order valence-corrected chi connectivity index (χ1v) is 10.5. The Bertz CT molecular complexity index is 611. The number of amides is 1. The summed E-state index contributed by atoms with van der Waals surface area (Å²) in [6, 6.07) is 6.14. The molecule has 0 saturated heterocycles. The SMILES string of the molecule is CCOC(=O)NCCCCc1ccc(OC(C)(C)CC)cc1OC(C)(C)CC. The Kier molecular flexibility index (Phi) is 9.63. The van der Waals surface area contributed by atoms with Crippen LogP contribution < -0.4 is 14.8 Å². The van der Waals surface area contributed by atoms with Crippen molar-refractivity contribution in [2.45, 2.75) is 91.8 Å². The molecule has 28 heavy (non-hydrogen) atoms. The summed E-state index contributed by atoms with van der Waals surface area (Å²) in [7, 11) is 0. The van der Waals surface area contributed by atoms with Gasteiger partial charge < -0.3 is 19.5 Å². The summed E-state index contributed by atoms with van der Waals surface area (Å²) in [4.78, 5) is 11.3. The van der Waals surface area contributed by atoms with Crippen LogP contribution in [0.4, 0.5) is 4.79 Å². The number of aryl methyl sites for hydroxylation is 1. The molecular formula is C23H39NO4. The van der Waals surface area contributed by atoms with E-state index in [1.165, 1.54) is 5.56 Å². The minimum Gasteiger partial charge on any atom is -0.488 e. The van der Waals surface area contributed by atoms with Gasteiger partial charge in [-0.1, -0.05) is 19.9 Å². The Hall–Kier alpha value is -1.91. The van der Waals surface area contributed by atoms with Crippen LogP contribution in [0.5, 0.6) is 11.5 Å². The van der Waals surface area contributed by atoms with Gasteiger partial charge in [-0.15, -0.1) is 0 Å². The third-order valence-electron chi connectivity index (χ3n) is 4.94. The minimum atomic E-state index is -0.351. The molecule has 0 heterocycles. The van der Waals surface area contributed by atoms with Crippen molar-refractivity contribution < 1.29 is 19.0 Å². The minimum absolute atomic E-state index is 0.210. The topological polar surface area (TPSA) is 56.8 Å². The van der Waals surface area contributed by atoms with Gasteiger partial charge in [0.15, 0.2) is 0 Å². The van der Waals surface area contributed by atoms with Gasteiger partial charge in [0.05, 0.1) is 6.61 Å². The summed E-state index contributed by atoms with van der Waals surface area (Å²) in [5.74, 6) is 1.72. The molecule has 1 aromatic rings. The number of benzene rings is 1. The maximum Gasteiger partial charge on any atom is 0.407 e. The zero-order valence-corrected chi connectivity index (χ0v) is 18.8. The molecule has 5 heteroatoms. The average Bonchev–Trinajstić information content (AvgIpc) is 2.62. The second-order valence-electron chi connectivity index (χ2n) is 8.30. The van der Waals surface area contributed by atoms with Crippen molar-refractivity contribution >= 4 is 6.09 Å².